The minimum absolute atomic E-state index is 0.330. The summed E-state index contributed by atoms with van der Waals surface area (Å²) in [5.74, 6) is 1.93. The van der Waals surface area contributed by atoms with Crippen molar-refractivity contribution in [3.63, 3.8) is 0 Å². The van der Waals surface area contributed by atoms with E-state index in [0.29, 0.717) is 12.6 Å². The third-order valence-corrected chi connectivity index (χ3v) is 2.79. The Kier molecular flexibility index (Phi) is 3.33. The van der Waals surface area contributed by atoms with E-state index in [9.17, 15) is 0 Å². The summed E-state index contributed by atoms with van der Waals surface area (Å²) < 4.78 is 7.73. The molecule has 0 aromatic carbocycles. The first-order valence-electron chi connectivity index (χ1n) is 5.51. The van der Waals surface area contributed by atoms with E-state index in [1.807, 2.05) is 6.92 Å². The first kappa shape index (κ1) is 10.6. The molecule has 2 heterocycles. The molecule has 1 aromatic rings. The predicted molar refractivity (Wildman–Crippen MR) is 56.5 cm³/mol. The highest BCUT2D eigenvalue weighted by Crippen LogP contribution is 2.15. The fourth-order valence-electron chi connectivity index (χ4n) is 1.97. The molecule has 2 N–H and O–H groups in total. The number of hydrogen-bond acceptors (Lipinski definition) is 4. The second kappa shape index (κ2) is 4.72. The largest absolute Gasteiger partial charge is 0.376 e. The molecule has 5 nitrogen and oxygen atoms in total. The SMILES string of the molecule is Cc1nnc(CCN)n1CC1CCCO1. The third kappa shape index (κ3) is 2.35. The predicted octanol–water partition coefficient (Wildman–Crippen LogP) is 0.267. The fourth-order valence-corrected chi connectivity index (χ4v) is 1.97. The topological polar surface area (TPSA) is 66.0 Å². The normalized spacial score (nSPS) is 21.1. The molecule has 84 valence electrons. The van der Waals surface area contributed by atoms with Crippen molar-refractivity contribution in [1.82, 2.24) is 14.8 Å². The van der Waals surface area contributed by atoms with Crippen molar-refractivity contribution in [1.29, 1.82) is 0 Å². The highest BCUT2D eigenvalue weighted by atomic mass is 16.5. The molecule has 0 radical (unpaired) electrons. The number of nitrogens with two attached hydrogens (primary N) is 1. The van der Waals surface area contributed by atoms with Crippen LogP contribution in [0.15, 0.2) is 0 Å². The number of aryl methyl sites for hydroxylation is 1. The van der Waals surface area contributed by atoms with Gasteiger partial charge in [0, 0.05) is 13.0 Å². The molecule has 1 aliphatic heterocycles. The molecule has 1 fully saturated rings. The third-order valence-electron chi connectivity index (χ3n) is 2.79. The summed E-state index contributed by atoms with van der Waals surface area (Å²) in [5.41, 5.74) is 5.53. The van der Waals surface area contributed by atoms with Crippen LogP contribution in [0.5, 0.6) is 0 Å². The van der Waals surface area contributed by atoms with Crippen LogP contribution in [0.4, 0.5) is 0 Å². The minimum Gasteiger partial charge on any atom is -0.376 e. The molecule has 15 heavy (non-hydrogen) atoms. The Morgan fingerprint density at radius 3 is 3.07 bits per heavy atom. The average Bonchev–Trinajstić information content (AvgIpc) is 2.83. The zero-order valence-electron chi connectivity index (χ0n) is 9.15. The van der Waals surface area contributed by atoms with Crippen LogP contribution < -0.4 is 5.73 Å². The van der Waals surface area contributed by atoms with E-state index in [2.05, 4.69) is 14.8 Å². The fraction of sp³-hybridized carbons (Fsp3) is 0.800. The molecular weight excluding hydrogens is 192 g/mol. The van der Waals surface area contributed by atoms with Crippen molar-refractivity contribution in [2.45, 2.75) is 38.8 Å². The van der Waals surface area contributed by atoms with Gasteiger partial charge in [-0.1, -0.05) is 0 Å². The smallest absolute Gasteiger partial charge is 0.134 e. The van der Waals surface area contributed by atoms with Crippen molar-refractivity contribution in [3.8, 4) is 0 Å². The zero-order chi connectivity index (χ0) is 10.7. The molecule has 0 bridgehead atoms. The maximum atomic E-state index is 5.61. The molecule has 5 heteroatoms. The van der Waals surface area contributed by atoms with Gasteiger partial charge in [-0.05, 0) is 26.3 Å². The van der Waals surface area contributed by atoms with Crippen molar-refractivity contribution in [2.75, 3.05) is 13.2 Å². The molecule has 0 spiro atoms. The standard InChI is InChI=1S/C10H18N4O/c1-8-12-13-10(4-5-11)14(8)7-9-3-2-6-15-9/h9H,2-7,11H2,1H3. The van der Waals surface area contributed by atoms with E-state index >= 15 is 0 Å². The van der Waals surface area contributed by atoms with Gasteiger partial charge in [0.1, 0.15) is 11.6 Å². The van der Waals surface area contributed by atoms with Crippen LogP contribution in [0.25, 0.3) is 0 Å². The Labute approximate surface area is 89.6 Å². The molecule has 0 amide bonds. The second-order valence-corrected chi connectivity index (χ2v) is 3.95. The summed E-state index contributed by atoms with van der Waals surface area (Å²) in [6.45, 7) is 4.35. The lowest BCUT2D eigenvalue weighted by Gasteiger charge is -2.13. The van der Waals surface area contributed by atoms with E-state index in [1.165, 1.54) is 0 Å². The number of hydrogen-bond donors (Lipinski definition) is 1. The maximum Gasteiger partial charge on any atom is 0.134 e. The lowest BCUT2D eigenvalue weighted by atomic mass is 10.2. The lowest BCUT2D eigenvalue weighted by molar-refractivity contribution is 0.0957. The van der Waals surface area contributed by atoms with Crippen LogP contribution in [-0.2, 0) is 17.7 Å². The molecule has 1 unspecified atom stereocenters. The lowest BCUT2D eigenvalue weighted by Crippen LogP contribution is -2.19. The summed E-state index contributed by atoms with van der Waals surface area (Å²) in [6.07, 6.45) is 3.42. The van der Waals surface area contributed by atoms with Gasteiger partial charge in [0.25, 0.3) is 0 Å². The Morgan fingerprint density at radius 1 is 1.53 bits per heavy atom. The Bertz CT molecular complexity index is 317. The van der Waals surface area contributed by atoms with Crippen molar-refractivity contribution >= 4 is 0 Å². The molecule has 2 rings (SSSR count). The van der Waals surface area contributed by atoms with Crippen LogP contribution in [0.3, 0.4) is 0 Å². The second-order valence-electron chi connectivity index (χ2n) is 3.95. The number of rotatable bonds is 4. The van der Waals surface area contributed by atoms with Gasteiger partial charge in [-0.2, -0.15) is 0 Å². The quantitative estimate of drug-likeness (QED) is 0.774. The van der Waals surface area contributed by atoms with Gasteiger partial charge in [0.05, 0.1) is 12.6 Å². The summed E-state index contributed by atoms with van der Waals surface area (Å²) in [5, 5.41) is 8.20. The highest BCUT2D eigenvalue weighted by molar-refractivity contribution is 4.95. The van der Waals surface area contributed by atoms with Crippen LogP contribution in [0.2, 0.25) is 0 Å². The van der Waals surface area contributed by atoms with Gasteiger partial charge >= 0.3 is 0 Å². The summed E-state index contributed by atoms with van der Waals surface area (Å²) >= 11 is 0. The summed E-state index contributed by atoms with van der Waals surface area (Å²) in [7, 11) is 0. The molecule has 1 aromatic heterocycles. The van der Waals surface area contributed by atoms with E-state index in [0.717, 1.165) is 44.1 Å². The van der Waals surface area contributed by atoms with E-state index in [4.69, 9.17) is 10.5 Å². The van der Waals surface area contributed by atoms with Gasteiger partial charge in [0.15, 0.2) is 0 Å². The monoisotopic (exact) mass is 210 g/mol. The maximum absolute atomic E-state index is 5.61. The number of nitrogens with zero attached hydrogens (tertiary/aromatic N) is 3. The molecule has 1 saturated heterocycles. The van der Waals surface area contributed by atoms with Crippen LogP contribution >= 0.6 is 0 Å². The van der Waals surface area contributed by atoms with Gasteiger partial charge in [-0.3, -0.25) is 0 Å². The number of aromatic nitrogens is 3. The van der Waals surface area contributed by atoms with Crippen LogP contribution in [0.1, 0.15) is 24.5 Å². The first-order chi connectivity index (χ1) is 7.31. The van der Waals surface area contributed by atoms with Gasteiger partial charge in [-0.15, -0.1) is 10.2 Å². The van der Waals surface area contributed by atoms with Crippen LogP contribution in [0, 0.1) is 6.92 Å². The molecule has 1 aliphatic rings. The zero-order valence-corrected chi connectivity index (χ0v) is 9.15. The van der Waals surface area contributed by atoms with E-state index < -0.39 is 0 Å². The molecule has 1 atom stereocenters. The van der Waals surface area contributed by atoms with Crippen molar-refractivity contribution in [3.05, 3.63) is 11.6 Å². The Balaban J connectivity index is 2.07. The molecule has 0 aliphatic carbocycles. The average molecular weight is 210 g/mol. The first-order valence-corrected chi connectivity index (χ1v) is 5.51. The van der Waals surface area contributed by atoms with Gasteiger partial charge in [-0.25, -0.2) is 0 Å². The molecule has 0 saturated carbocycles. The Morgan fingerprint density at radius 2 is 2.40 bits per heavy atom. The van der Waals surface area contributed by atoms with E-state index in [-0.39, 0.29) is 0 Å². The summed E-state index contributed by atoms with van der Waals surface area (Å²) in [4.78, 5) is 0. The van der Waals surface area contributed by atoms with Crippen molar-refractivity contribution < 1.29 is 4.74 Å². The van der Waals surface area contributed by atoms with Crippen molar-refractivity contribution in [2.24, 2.45) is 5.73 Å². The van der Waals surface area contributed by atoms with E-state index in [1.54, 1.807) is 0 Å². The highest BCUT2D eigenvalue weighted by Gasteiger charge is 2.18. The minimum atomic E-state index is 0.330. The van der Waals surface area contributed by atoms with Gasteiger partial charge < -0.3 is 15.0 Å². The molecular formula is C10H18N4O. The Hall–Kier alpha value is -0.940. The van der Waals surface area contributed by atoms with Gasteiger partial charge in [0.2, 0.25) is 0 Å². The van der Waals surface area contributed by atoms with Crippen LogP contribution in [-0.4, -0.2) is 34.0 Å². The summed E-state index contributed by atoms with van der Waals surface area (Å²) in [6, 6.07) is 0. The number of ether oxygens (including phenoxy) is 1.